The van der Waals surface area contributed by atoms with E-state index in [1.807, 2.05) is 42.6 Å². The van der Waals surface area contributed by atoms with Crippen molar-refractivity contribution in [3.05, 3.63) is 58.3 Å². The molecule has 0 bridgehead atoms. The number of amides is 1. The Morgan fingerprint density at radius 3 is 2.52 bits per heavy atom. The highest BCUT2D eigenvalue weighted by molar-refractivity contribution is 7.12. The van der Waals surface area contributed by atoms with E-state index in [1.165, 1.54) is 11.3 Å². The van der Waals surface area contributed by atoms with E-state index in [0.29, 0.717) is 11.4 Å². The molecule has 0 aliphatic heterocycles. The molecule has 0 spiro atoms. The van der Waals surface area contributed by atoms with Crippen molar-refractivity contribution in [3.8, 4) is 0 Å². The number of benzene rings is 1. The number of nitrogens with one attached hydrogen (secondary N) is 1. The predicted molar refractivity (Wildman–Crippen MR) is 96.7 cm³/mol. The van der Waals surface area contributed by atoms with Gasteiger partial charge in [0.15, 0.2) is 12.4 Å². The van der Waals surface area contributed by atoms with Gasteiger partial charge in [-0.05, 0) is 22.9 Å². The first-order valence-corrected chi connectivity index (χ1v) is 8.98. The molecule has 1 heterocycles. The second-order valence-electron chi connectivity index (χ2n) is 5.68. The Morgan fingerprint density at radius 2 is 1.84 bits per heavy atom. The minimum atomic E-state index is -0.545. The van der Waals surface area contributed by atoms with Crippen LogP contribution in [0.2, 0.25) is 0 Å². The van der Waals surface area contributed by atoms with Crippen LogP contribution in [-0.4, -0.2) is 30.8 Å². The van der Waals surface area contributed by atoms with Crippen molar-refractivity contribution < 1.29 is 19.1 Å². The summed E-state index contributed by atoms with van der Waals surface area (Å²) in [6.45, 7) is 2.16. The minimum Gasteiger partial charge on any atom is -0.456 e. The van der Waals surface area contributed by atoms with E-state index in [9.17, 15) is 14.4 Å². The third kappa shape index (κ3) is 6.51. The molecule has 0 saturated heterocycles. The van der Waals surface area contributed by atoms with Crippen molar-refractivity contribution in [2.75, 3.05) is 13.2 Å². The van der Waals surface area contributed by atoms with Gasteiger partial charge in [-0.25, -0.2) is 0 Å². The van der Waals surface area contributed by atoms with E-state index in [1.54, 1.807) is 12.1 Å². The summed E-state index contributed by atoms with van der Waals surface area (Å²) in [4.78, 5) is 35.8. The highest BCUT2D eigenvalue weighted by Crippen LogP contribution is 2.13. The fraction of sp³-hybridized carbons (Fsp3) is 0.316. The fourth-order valence-electron chi connectivity index (χ4n) is 2.21. The van der Waals surface area contributed by atoms with Crippen molar-refractivity contribution in [1.82, 2.24) is 5.32 Å². The van der Waals surface area contributed by atoms with Crippen LogP contribution in [-0.2, 0) is 14.3 Å². The summed E-state index contributed by atoms with van der Waals surface area (Å²) in [5, 5.41) is 4.55. The van der Waals surface area contributed by atoms with Crippen LogP contribution in [0.4, 0.5) is 0 Å². The van der Waals surface area contributed by atoms with Gasteiger partial charge in [-0.3, -0.25) is 14.4 Å². The monoisotopic (exact) mass is 359 g/mol. The highest BCUT2D eigenvalue weighted by Gasteiger charge is 2.13. The standard InChI is InChI=1S/C19H21NO4S/c1-14(15-6-3-2-4-7-15)12-20-18(22)13-24-19(23)10-9-16(21)17-8-5-11-25-17/h2-8,11,14H,9-10,12-13H2,1H3,(H,20,22)/t14-/m0/s1. The summed E-state index contributed by atoms with van der Waals surface area (Å²) in [5.74, 6) is -0.811. The first kappa shape index (κ1) is 18.9. The zero-order valence-electron chi connectivity index (χ0n) is 14.1. The lowest BCUT2D eigenvalue weighted by molar-refractivity contribution is -0.148. The van der Waals surface area contributed by atoms with Gasteiger partial charge in [-0.1, -0.05) is 43.3 Å². The van der Waals surface area contributed by atoms with Gasteiger partial charge in [0.05, 0.1) is 11.3 Å². The summed E-state index contributed by atoms with van der Waals surface area (Å²) >= 11 is 1.34. The van der Waals surface area contributed by atoms with Gasteiger partial charge in [0.1, 0.15) is 0 Å². The van der Waals surface area contributed by atoms with Crippen molar-refractivity contribution in [1.29, 1.82) is 0 Å². The number of carbonyl (C=O) groups excluding carboxylic acids is 3. The lowest BCUT2D eigenvalue weighted by Crippen LogP contribution is -2.31. The summed E-state index contributed by atoms with van der Waals surface area (Å²) in [6, 6.07) is 13.4. The number of Topliss-reactive ketones (excluding diaryl/α,β-unsaturated/α-hetero) is 1. The third-order valence-electron chi connectivity index (χ3n) is 3.69. The van der Waals surface area contributed by atoms with Crippen LogP contribution in [0.1, 0.15) is 40.9 Å². The Balaban J connectivity index is 1.62. The molecule has 0 unspecified atom stereocenters. The molecular weight excluding hydrogens is 338 g/mol. The number of rotatable bonds is 9. The molecule has 6 heteroatoms. The summed E-state index contributed by atoms with van der Waals surface area (Å²) in [7, 11) is 0. The van der Waals surface area contributed by atoms with Crippen molar-refractivity contribution in [2.45, 2.75) is 25.7 Å². The fourth-order valence-corrected chi connectivity index (χ4v) is 2.91. The van der Waals surface area contributed by atoms with E-state index < -0.39 is 5.97 Å². The average Bonchev–Trinajstić information content (AvgIpc) is 3.18. The van der Waals surface area contributed by atoms with Crippen molar-refractivity contribution in [2.24, 2.45) is 0 Å². The van der Waals surface area contributed by atoms with Crippen LogP contribution in [0.25, 0.3) is 0 Å². The SMILES string of the molecule is C[C@@H](CNC(=O)COC(=O)CCC(=O)c1cccs1)c1ccccc1. The number of hydrogen-bond acceptors (Lipinski definition) is 5. The van der Waals surface area contributed by atoms with Gasteiger partial charge in [-0.2, -0.15) is 0 Å². The molecule has 1 aromatic heterocycles. The maximum Gasteiger partial charge on any atom is 0.306 e. The number of hydrogen-bond donors (Lipinski definition) is 1. The molecule has 2 rings (SSSR count). The zero-order chi connectivity index (χ0) is 18.1. The smallest absolute Gasteiger partial charge is 0.306 e. The van der Waals surface area contributed by atoms with Gasteiger partial charge in [0.25, 0.3) is 5.91 Å². The Bertz CT molecular complexity index is 697. The molecule has 0 aliphatic rings. The van der Waals surface area contributed by atoms with Crippen LogP contribution in [0.15, 0.2) is 47.8 Å². The summed E-state index contributed by atoms with van der Waals surface area (Å²) in [6.07, 6.45) is 0.0659. The molecule has 1 atom stereocenters. The first-order valence-electron chi connectivity index (χ1n) is 8.10. The molecule has 132 valence electrons. The van der Waals surface area contributed by atoms with E-state index in [-0.39, 0.29) is 37.1 Å². The molecule has 0 aliphatic carbocycles. The molecule has 0 fully saturated rings. The molecule has 2 aromatic rings. The maximum absolute atomic E-state index is 11.8. The molecule has 5 nitrogen and oxygen atoms in total. The molecular formula is C19H21NO4S. The molecule has 0 radical (unpaired) electrons. The second-order valence-corrected chi connectivity index (χ2v) is 6.62. The van der Waals surface area contributed by atoms with Gasteiger partial charge in [0, 0.05) is 13.0 Å². The van der Waals surface area contributed by atoms with Gasteiger partial charge in [0.2, 0.25) is 0 Å². The van der Waals surface area contributed by atoms with Gasteiger partial charge < -0.3 is 10.1 Å². The normalized spacial score (nSPS) is 11.6. The highest BCUT2D eigenvalue weighted by atomic mass is 32.1. The molecule has 1 aromatic carbocycles. The van der Waals surface area contributed by atoms with Crippen LogP contribution >= 0.6 is 11.3 Å². The van der Waals surface area contributed by atoms with Crippen molar-refractivity contribution in [3.63, 3.8) is 0 Å². The maximum atomic E-state index is 11.8. The molecule has 25 heavy (non-hydrogen) atoms. The Hall–Kier alpha value is -2.47. The zero-order valence-corrected chi connectivity index (χ0v) is 14.9. The number of esters is 1. The summed E-state index contributed by atoms with van der Waals surface area (Å²) < 4.78 is 4.91. The Labute approximate surface area is 151 Å². The Morgan fingerprint density at radius 1 is 1.08 bits per heavy atom. The molecule has 1 N–H and O–H groups in total. The van der Waals surface area contributed by atoms with Crippen molar-refractivity contribution >= 4 is 29.0 Å². The predicted octanol–water partition coefficient (Wildman–Crippen LogP) is 3.17. The summed E-state index contributed by atoms with van der Waals surface area (Å²) in [5.41, 5.74) is 1.13. The molecule has 1 amide bonds. The number of ketones is 1. The van der Waals surface area contributed by atoms with E-state index in [2.05, 4.69) is 5.32 Å². The van der Waals surface area contributed by atoms with Gasteiger partial charge in [-0.15, -0.1) is 11.3 Å². The van der Waals surface area contributed by atoms with Crippen LogP contribution in [0.5, 0.6) is 0 Å². The Kier molecular flexibility index (Phi) is 7.35. The topological polar surface area (TPSA) is 72.5 Å². The second kappa shape index (κ2) is 9.74. The van der Waals surface area contributed by atoms with E-state index in [4.69, 9.17) is 4.74 Å². The molecule has 0 saturated carbocycles. The first-order chi connectivity index (χ1) is 12.1. The minimum absolute atomic E-state index is 0.0234. The number of ether oxygens (including phenoxy) is 1. The third-order valence-corrected chi connectivity index (χ3v) is 4.60. The van der Waals surface area contributed by atoms with E-state index in [0.717, 1.165) is 5.56 Å². The lowest BCUT2D eigenvalue weighted by Gasteiger charge is -2.13. The number of thiophene rings is 1. The van der Waals surface area contributed by atoms with Crippen LogP contribution in [0, 0.1) is 0 Å². The average molecular weight is 359 g/mol. The quantitative estimate of drug-likeness (QED) is 0.551. The largest absolute Gasteiger partial charge is 0.456 e. The van der Waals surface area contributed by atoms with Crippen LogP contribution < -0.4 is 5.32 Å². The lowest BCUT2D eigenvalue weighted by atomic mass is 10.0. The number of carbonyl (C=O) groups is 3. The van der Waals surface area contributed by atoms with E-state index >= 15 is 0 Å². The van der Waals surface area contributed by atoms with Crippen LogP contribution in [0.3, 0.4) is 0 Å². The van der Waals surface area contributed by atoms with Gasteiger partial charge >= 0.3 is 5.97 Å².